The number of carbonyl (C=O) groups is 2. The number of aryl methyl sites for hydroxylation is 2. The topological polar surface area (TPSA) is 119 Å². The fourth-order valence-electron chi connectivity index (χ4n) is 3.96. The van der Waals surface area contributed by atoms with Crippen LogP contribution in [0.2, 0.25) is 0 Å². The van der Waals surface area contributed by atoms with Crippen LogP contribution in [-0.2, 0) is 21.2 Å². The summed E-state index contributed by atoms with van der Waals surface area (Å²) in [6.07, 6.45) is 1.41. The summed E-state index contributed by atoms with van der Waals surface area (Å²) in [6, 6.07) is 11.8. The van der Waals surface area contributed by atoms with Crippen molar-refractivity contribution in [3.8, 4) is 16.9 Å². The van der Waals surface area contributed by atoms with Gasteiger partial charge < -0.3 is 10.1 Å². The number of fused-ring (bicyclic) bond motifs is 1. The van der Waals surface area contributed by atoms with Crippen molar-refractivity contribution in [3.05, 3.63) is 53.7 Å². The highest BCUT2D eigenvalue weighted by Crippen LogP contribution is 2.38. The molecule has 0 saturated carbocycles. The van der Waals surface area contributed by atoms with Gasteiger partial charge in [0.05, 0.1) is 12.8 Å². The minimum absolute atomic E-state index is 0.0498. The van der Waals surface area contributed by atoms with Crippen molar-refractivity contribution in [1.82, 2.24) is 9.78 Å². The zero-order valence-corrected chi connectivity index (χ0v) is 20.0. The number of ether oxygens (including phenoxy) is 1. The molecule has 34 heavy (non-hydrogen) atoms. The number of nitrogens with zero attached hydrogens (tertiary/aromatic N) is 2. The van der Waals surface area contributed by atoms with Crippen LogP contribution in [-0.4, -0.2) is 37.1 Å². The molecule has 0 saturated heterocycles. The number of carbonyl (C=O) groups excluding carboxylic acids is 2. The summed E-state index contributed by atoms with van der Waals surface area (Å²) in [4.78, 5) is 24.8. The van der Waals surface area contributed by atoms with Gasteiger partial charge in [0.25, 0.3) is 10.0 Å². The van der Waals surface area contributed by atoms with E-state index in [2.05, 4.69) is 15.1 Å². The minimum Gasteiger partial charge on any atom is -0.495 e. The van der Waals surface area contributed by atoms with Crippen LogP contribution in [0.1, 0.15) is 42.2 Å². The average Bonchev–Trinajstić information content (AvgIpc) is 3.07. The molecule has 1 aliphatic rings. The molecule has 0 aliphatic carbocycles. The van der Waals surface area contributed by atoms with Gasteiger partial charge in [-0.15, -0.1) is 0 Å². The Morgan fingerprint density at radius 1 is 1.15 bits per heavy atom. The fourth-order valence-corrected chi connectivity index (χ4v) is 5.20. The Labute approximate surface area is 198 Å². The summed E-state index contributed by atoms with van der Waals surface area (Å²) in [6.45, 7) is 3.85. The highest BCUT2D eigenvalue weighted by molar-refractivity contribution is 7.92. The van der Waals surface area contributed by atoms with Gasteiger partial charge in [0.1, 0.15) is 16.5 Å². The number of sulfonamides is 1. The molecule has 0 bridgehead atoms. The number of hydrogen-bond acceptors (Lipinski definition) is 6. The van der Waals surface area contributed by atoms with Gasteiger partial charge >= 0.3 is 0 Å². The quantitative estimate of drug-likeness (QED) is 0.525. The molecule has 2 aromatic carbocycles. The number of aromatic nitrogens is 2. The van der Waals surface area contributed by atoms with E-state index in [-0.39, 0.29) is 41.1 Å². The van der Waals surface area contributed by atoms with Gasteiger partial charge in [0, 0.05) is 24.1 Å². The molecule has 0 fully saturated rings. The van der Waals surface area contributed by atoms with Crippen molar-refractivity contribution in [2.45, 2.75) is 44.4 Å². The maximum absolute atomic E-state index is 13.3. The Balaban J connectivity index is 1.87. The van der Waals surface area contributed by atoms with Crippen molar-refractivity contribution >= 4 is 33.3 Å². The molecule has 2 heterocycles. The van der Waals surface area contributed by atoms with Crippen LogP contribution in [0.25, 0.3) is 11.1 Å². The number of methoxy groups -OCH3 is 1. The Hall–Kier alpha value is -3.66. The summed E-state index contributed by atoms with van der Waals surface area (Å²) in [5, 5.41) is 7.24. The second-order valence-corrected chi connectivity index (χ2v) is 9.77. The Morgan fingerprint density at radius 3 is 2.65 bits per heavy atom. The summed E-state index contributed by atoms with van der Waals surface area (Å²) in [5.74, 6) is -0.159. The lowest BCUT2D eigenvalue weighted by atomic mass is 10.0. The molecule has 0 atom stereocenters. The molecule has 4 rings (SSSR count). The average molecular weight is 483 g/mol. The second kappa shape index (κ2) is 9.30. The second-order valence-electron chi connectivity index (χ2n) is 8.11. The van der Waals surface area contributed by atoms with Crippen molar-refractivity contribution in [1.29, 1.82) is 0 Å². The first-order chi connectivity index (χ1) is 16.2. The third kappa shape index (κ3) is 4.54. The zero-order valence-electron chi connectivity index (χ0n) is 19.2. The monoisotopic (exact) mass is 482 g/mol. The van der Waals surface area contributed by atoms with Crippen molar-refractivity contribution in [3.63, 3.8) is 0 Å². The number of rotatable bonds is 7. The molecule has 0 spiro atoms. The maximum Gasteiger partial charge on any atom is 0.265 e. The standard InChI is InChI=1S/C24H26N4O5S/c1-4-6-18-23(24-25-21(29)11-12-22(30)28(24)26-18)16-9-10-19(33-3)20(14-16)34(31,32)27-17-8-5-7-15(2)13-17/h5,7-10,13-14,27H,4,6,11-12H2,1-3H3,(H,25,29). The smallest absolute Gasteiger partial charge is 0.265 e. The molecule has 10 heteroatoms. The van der Waals surface area contributed by atoms with E-state index in [4.69, 9.17) is 4.74 Å². The van der Waals surface area contributed by atoms with E-state index in [1.165, 1.54) is 17.9 Å². The van der Waals surface area contributed by atoms with E-state index < -0.39 is 10.0 Å². The summed E-state index contributed by atoms with van der Waals surface area (Å²) >= 11 is 0. The van der Waals surface area contributed by atoms with E-state index in [1.54, 1.807) is 30.3 Å². The molecule has 0 radical (unpaired) electrons. The number of amides is 1. The van der Waals surface area contributed by atoms with Crippen LogP contribution in [0.5, 0.6) is 5.75 Å². The first kappa shape index (κ1) is 23.5. The molecule has 1 aliphatic heterocycles. The van der Waals surface area contributed by atoms with Gasteiger partial charge in [0.15, 0.2) is 0 Å². The van der Waals surface area contributed by atoms with Crippen LogP contribution in [0.3, 0.4) is 0 Å². The normalized spacial score (nSPS) is 13.7. The van der Waals surface area contributed by atoms with Gasteiger partial charge in [-0.25, -0.2) is 8.42 Å². The van der Waals surface area contributed by atoms with E-state index in [0.29, 0.717) is 28.9 Å². The lowest BCUT2D eigenvalue weighted by molar-refractivity contribution is -0.116. The molecule has 2 N–H and O–H groups in total. The summed E-state index contributed by atoms with van der Waals surface area (Å²) in [7, 11) is -2.62. The molecule has 0 unspecified atom stereocenters. The Morgan fingerprint density at radius 2 is 1.94 bits per heavy atom. The highest BCUT2D eigenvalue weighted by atomic mass is 32.2. The minimum atomic E-state index is -4.02. The molecule has 3 aromatic rings. The summed E-state index contributed by atoms with van der Waals surface area (Å²) < 4.78 is 35.8. The van der Waals surface area contributed by atoms with Crippen molar-refractivity contribution in [2.24, 2.45) is 0 Å². The summed E-state index contributed by atoms with van der Waals surface area (Å²) in [5.41, 5.74) is 2.97. The van der Waals surface area contributed by atoms with Gasteiger partial charge in [-0.1, -0.05) is 31.5 Å². The van der Waals surface area contributed by atoms with E-state index in [0.717, 1.165) is 12.0 Å². The number of hydrogen-bond donors (Lipinski definition) is 2. The first-order valence-corrected chi connectivity index (χ1v) is 12.4. The van der Waals surface area contributed by atoms with Crippen LogP contribution >= 0.6 is 0 Å². The van der Waals surface area contributed by atoms with Crippen LogP contribution in [0.15, 0.2) is 47.4 Å². The molecule has 178 valence electrons. The van der Waals surface area contributed by atoms with Crippen LogP contribution < -0.4 is 14.8 Å². The number of nitrogens with one attached hydrogen (secondary N) is 2. The SMILES string of the molecule is CCCc1nn2c(c1-c1ccc(OC)c(S(=O)(=O)Nc3cccc(C)c3)c1)NC(=O)CCC2=O. The predicted octanol–water partition coefficient (Wildman–Crippen LogP) is 3.99. The van der Waals surface area contributed by atoms with E-state index >= 15 is 0 Å². The first-order valence-electron chi connectivity index (χ1n) is 11.0. The van der Waals surface area contributed by atoms with Crippen LogP contribution in [0.4, 0.5) is 11.5 Å². The Bertz CT molecular complexity index is 1380. The Kier molecular flexibility index (Phi) is 6.43. The fraction of sp³-hybridized carbons (Fsp3) is 0.292. The number of benzene rings is 2. The van der Waals surface area contributed by atoms with Gasteiger partial charge in [0.2, 0.25) is 11.8 Å². The lowest BCUT2D eigenvalue weighted by Crippen LogP contribution is -2.14. The van der Waals surface area contributed by atoms with Gasteiger partial charge in [-0.3, -0.25) is 14.3 Å². The van der Waals surface area contributed by atoms with E-state index in [9.17, 15) is 18.0 Å². The molecule has 1 amide bonds. The van der Waals surface area contributed by atoms with E-state index in [1.807, 2.05) is 19.9 Å². The lowest BCUT2D eigenvalue weighted by Gasteiger charge is -2.14. The third-order valence-corrected chi connectivity index (χ3v) is 6.92. The predicted molar refractivity (Wildman–Crippen MR) is 129 cm³/mol. The maximum atomic E-state index is 13.3. The third-order valence-electron chi connectivity index (χ3n) is 5.52. The zero-order chi connectivity index (χ0) is 24.5. The van der Waals surface area contributed by atoms with Crippen molar-refractivity contribution in [2.75, 3.05) is 17.1 Å². The highest BCUT2D eigenvalue weighted by Gasteiger charge is 2.29. The molecule has 9 nitrogen and oxygen atoms in total. The van der Waals surface area contributed by atoms with Gasteiger partial charge in [-0.05, 0) is 48.7 Å². The number of anilines is 2. The van der Waals surface area contributed by atoms with Gasteiger partial charge in [-0.2, -0.15) is 9.78 Å². The van der Waals surface area contributed by atoms with Crippen molar-refractivity contribution < 1.29 is 22.7 Å². The van der Waals surface area contributed by atoms with Crippen LogP contribution in [0, 0.1) is 6.92 Å². The molecule has 1 aromatic heterocycles. The molecular weight excluding hydrogens is 456 g/mol. The molecular formula is C24H26N4O5S. The largest absolute Gasteiger partial charge is 0.495 e.